The van der Waals surface area contributed by atoms with E-state index in [-0.39, 0.29) is 5.82 Å². The van der Waals surface area contributed by atoms with Gasteiger partial charge in [-0.05, 0) is 30.7 Å². The molecule has 3 rings (SSSR count). The van der Waals surface area contributed by atoms with Gasteiger partial charge in [-0.1, -0.05) is 0 Å². The lowest BCUT2D eigenvalue weighted by atomic mass is 10.2. The third kappa shape index (κ3) is 3.21. The fraction of sp³-hybridized carbons (Fsp3) is 0.333. The highest BCUT2D eigenvalue weighted by molar-refractivity contribution is 5.49. The minimum Gasteiger partial charge on any atom is -0.384 e. The molecule has 1 aromatic carbocycles. The number of rotatable bonds is 2. The summed E-state index contributed by atoms with van der Waals surface area (Å²) in [5.74, 6) is 1.15. The van der Waals surface area contributed by atoms with E-state index in [0.717, 1.165) is 44.1 Å². The van der Waals surface area contributed by atoms with E-state index in [0.29, 0.717) is 5.82 Å². The van der Waals surface area contributed by atoms with E-state index in [1.54, 1.807) is 6.07 Å². The van der Waals surface area contributed by atoms with E-state index in [1.807, 2.05) is 12.1 Å². The van der Waals surface area contributed by atoms with Gasteiger partial charge in [0.15, 0.2) is 0 Å². The summed E-state index contributed by atoms with van der Waals surface area (Å²) in [5, 5.41) is 0. The van der Waals surface area contributed by atoms with Gasteiger partial charge in [-0.3, -0.25) is 0 Å². The van der Waals surface area contributed by atoms with Crippen molar-refractivity contribution in [3.05, 3.63) is 42.5 Å². The van der Waals surface area contributed by atoms with E-state index in [2.05, 4.69) is 19.8 Å². The van der Waals surface area contributed by atoms with Crippen molar-refractivity contribution in [1.29, 1.82) is 0 Å². The number of hydrogen-bond donors (Lipinski definition) is 1. The molecule has 1 aliphatic rings. The number of halogens is 1. The number of benzene rings is 1. The molecule has 110 valence electrons. The number of aromatic nitrogens is 2. The van der Waals surface area contributed by atoms with E-state index < -0.39 is 0 Å². The van der Waals surface area contributed by atoms with Gasteiger partial charge >= 0.3 is 0 Å². The third-order valence-corrected chi connectivity index (χ3v) is 3.69. The van der Waals surface area contributed by atoms with E-state index in [1.165, 1.54) is 18.5 Å². The Kier molecular flexibility index (Phi) is 3.85. The van der Waals surface area contributed by atoms with Gasteiger partial charge in [-0.25, -0.2) is 14.4 Å². The maximum Gasteiger partial charge on any atom is 0.134 e. The molecule has 0 amide bonds. The molecule has 0 unspecified atom stereocenters. The van der Waals surface area contributed by atoms with Crippen LogP contribution >= 0.6 is 0 Å². The van der Waals surface area contributed by atoms with Gasteiger partial charge in [0, 0.05) is 37.9 Å². The second-order valence-electron chi connectivity index (χ2n) is 5.11. The Balaban J connectivity index is 1.70. The van der Waals surface area contributed by atoms with Crippen LogP contribution in [0.5, 0.6) is 0 Å². The lowest BCUT2D eigenvalue weighted by Crippen LogP contribution is -2.31. The summed E-state index contributed by atoms with van der Waals surface area (Å²) < 4.78 is 13.0. The van der Waals surface area contributed by atoms with Crippen LogP contribution in [-0.4, -0.2) is 36.1 Å². The lowest BCUT2D eigenvalue weighted by Gasteiger charge is -2.24. The third-order valence-electron chi connectivity index (χ3n) is 3.69. The predicted octanol–water partition coefficient (Wildman–Crippen LogP) is 1.91. The largest absolute Gasteiger partial charge is 0.384 e. The minimum atomic E-state index is -0.202. The van der Waals surface area contributed by atoms with Crippen molar-refractivity contribution < 1.29 is 4.39 Å². The molecule has 0 spiro atoms. The van der Waals surface area contributed by atoms with Gasteiger partial charge in [0.05, 0.1) is 0 Å². The fourth-order valence-electron chi connectivity index (χ4n) is 2.59. The van der Waals surface area contributed by atoms with Crippen LogP contribution < -0.4 is 15.5 Å². The number of nitrogen functional groups attached to an aromatic ring is 1. The zero-order valence-corrected chi connectivity index (χ0v) is 11.7. The van der Waals surface area contributed by atoms with Crippen molar-refractivity contribution in [2.24, 2.45) is 0 Å². The van der Waals surface area contributed by atoms with Gasteiger partial charge in [-0.2, -0.15) is 0 Å². The minimum absolute atomic E-state index is 0.202. The number of anilines is 3. The van der Waals surface area contributed by atoms with Crippen molar-refractivity contribution >= 4 is 17.3 Å². The molecule has 0 radical (unpaired) electrons. The topological polar surface area (TPSA) is 58.3 Å². The van der Waals surface area contributed by atoms with Crippen molar-refractivity contribution in [2.45, 2.75) is 6.42 Å². The molecule has 2 aromatic rings. The molecule has 0 saturated carbocycles. The average Bonchev–Trinajstić information content (AvgIpc) is 2.74. The summed E-state index contributed by atoms with van der Waals surface area (Å²) in [6.07, 6.45) is 2.51. The van der Waals surface area contributed by atoms with Gasteiger partial charge in [0.25, 0.3) is 0 Å². The number of nitrogens with zero attached hydrogens (tertiary/aromatic N) is 4. The smallest absolute Gasteiger partial charge is 0.134 e. The molecule has 2 heterocycles. The van der Waals surface area contributed by atoms with Gasteiger partial charge in [0.2, 0.25) is 0 Å². The van der Waals surface area contributed by atoms with Gasteiger partial charge in [-0.15, -0.1) is 0 Å². The Morgan fingerprint density at radius 2 is 1.67 bits per heavy atom. The van der Waals surface area contributed by atoms with Crippen LogP contribution in [0, 0.1) is 5.82 Å². The number of hydrogen-bond acceptors (Lipinski definition) is 5. The zero-order valence-electron chi connectivity index (χ0n) is 11.7. The number of nitrogens with two attached hydrogens (primary N) is 1. The molecule has 0 bridgehead atoms. The second-order valence-corrected chi connectivity index (χ2v) is 5.11. The molecule has 1 aromatic heterocycles. The average molecular weight is 287 g/mol. The van der Waals surface area contributed by atoms with Crippen molar-refractivity contribution in [3.8, 4) is 0 Å². The second kappa shape index (κ2) is 5.95. The molecule has 0 aliphatic carbocycles. The standard InChI is InChI=1S/C15H18FN5/c16-12-2-4-13(5-3-12)20-6-1-7-21(9-8-20)15-10-14(17)18-11-19-15/h2-5,10-11H,1,6-9H2,(H2,17,18,19). The Bertz CT molecular complexity index is 601. The lowest BCUT2D eigenvalue weighted by molar-refractivity contribution is 0.627. The zero-order chi connectivity index (χ0) is 14.7. The summed E-state index contributed by atoms with van der Waals surface area (Å²) in [7, 11) is 0. The fourth-order valence-corrected chi connectivity index (χ4v) is 2.59. The Hall–Kier alpha value is -2.37. The van der Waals surface area contributed by atoms with Crippen molar-refractivity contribution in [1.82, 2.24) is 9.97 Å². The van der Waals surface area contributed by atoms with E-state index in [4.69, 9.17) is 5.73 Å². The molecule has 1 fully saturated rings. The van der Waals surface area contributed by atoms with Crippen LogP contribution in [0.3, 0.4) is 0 Å². The first-order valence-corrected chi connectivity index (χ1v) is 7.05. The molecular weight excluding hydrogens is 269 g/mol. The molecule has 2 N–H and O–H groups in total. The van der Waals surface area contributed by atoms with Crippen molar-refractivity contribution in [3.63, 3.8) is 0 Å². The molecule has 5 nitrogen and oxygen atoms in total. The predicted molar refractivity (Wildman–Crippen MR) is 81.9 cm³/mol. The maximum atomic E-state index is 13.0. The first-order chi connectivity index (χ1) is 10.2. The maximum absolute atomic E-state index is 13.0. The molecule has 6 heteroatoms. The van der Waals surface area contributed by atoms with E-state index in [9.17, 15) is 4.39 Å². The summed E-state index contributed by atoms with van der Waals surface area (Å²) >= 11 is 0. The van der Waals surface area contributed by atoms with Gasteiger partial charge in [0.1, 0.15) is 23.8 Å². The van der Waals surface area contributed by atoms with Crippen molar-refractivity contribution in [2.75, 3.05) is 41.7 Å². The first-order valence-electron chi connectivity index (χ1n) is 7.05. The Labute approximate surface area is 123 Å². The molecule has 0 atom stereocenters. The molecular formula is C15H18FN5. The monoisotopic (exact) mass is 287 g/mol. The first kappa shape index (κ1) is 13.6. The summed E-state index contributed by atoms with van der Waals surface area (Å²) in [5.41, 5.74) is 6.77. The SMILES string of the molecule is Nc1cc(N2CCCN(c3ccc(F)cc3)CC2)ncn1. The van der Waals surface area contributed by atoms with Crippen LogP contribution in [0.1, 0.15) is 6.42 Å². The summed E-state index contributed by atoms with van der Waals surface area (Å²) in [6, 6.07) is 8.46. The summed E-state index contributed by atoms with van der Waals surface area (Å²) in [4.78, 5) is 12.7. The van der Waals surface area contributed by atoms with Gasteiger partial charge < -0.3 is 15.5 Å². The Morgan fingerprint density at radius 3 is 2.43 bits per heavy atom. The van der Waals surface area contributed by atoms with Crippen LogP contribution in [0.4, 0.5) is 21.7 Å². The quantitative estimate of drug-likeness (QED) is 0.914. The Morgan fingerprint density at radius 1 is 0.952 bits per heavy atom. The highest BCUT2D eigenvalue weighted by atomic mass is 19.1. The van der Waals surface area contributed by atoms with Crippen LogP contribution in [-0.2, 0) is 0 Å². The molecule has 1 aliphatic heterocycles. The normalized spacial score (nSPS) is 15.9. The summed E-state index contributed by atoms with van der Waals surface area (Å²) in [6.45, 7) is 3.60. The van der Waals surface area contributed by atoms with E-state index >= 15 is 0 Å². The molecule has 21 heavy (non-hydrogen) atoms. The highest BCUT2D eigenvalue weighted by Crippen LogP contribution is 2.19. The molecule has 1 saturated heterocycles. The van der Waals surface area contributed by atoms with Crippen LogP contribution in [0.2, 0.25) is 0 Å². The highest BCUT2D eigenvalue weighted by Gasteiger charge is 2.16. The van der Waals surface area contributed by atoms with Crippen LogP contribution in [0.25, 0.3) is 0 Å². The van der Waals surface area contributed by atoms with Crippen LogP contribution in [0.15, 0.2) is 36.7 Å².